The zero-order valence-corrected chi connectivity index (χ0v) is 32.2. The maximum Gasteiger partial charge on any atom is 0.472 e. The Labute approximate surface area is 308 Å². The molecule has 0 aromatic rings. The van der Waals surface area contributed by atoms with E-state index in [9.17, 15) is 19.0 Å². The van der Waals surface area contributed by atoms with Crippen LogP contribution in [0.2, 0.25) is 0 Å². The fourth-order valence-corrected chi connectivity index (χ4v) is 5.10. The van der Waals surface area contributed by atoms with Crippen molar-refractivity contribution in [2.45, 2.75) is 123 Å². The number of nitrogens with two attached hydrogens (primary N) is 1. The van der Waals surface area contributed by atoms with Gasteiger partial charge in [-0.15, -0.1) is 0 Å². The molecular weight excluding hydrogens is 665 g/mol. The fourth-order valence-electron chi connectivity index (χ4n) is 4.34. The number of allylic oxidation sites excluding steroid dienone is 16. The van der Waals surface area contributed by atoms with Crippen molar-refractivity contribution in [3.8, 4) is 0 Å². The van der Waals surface area contributed by atoms with Crippen LogP contribution >= 0.6 is 7.82 Å². The molecule has 51 heavy (non-hydrogen) atoms. The number of hydrogen-bond acceptors (Lipinski definition) is 8. The molecule has 0 bridgehead atoms. The van der Waals surface area contributed by atoms with Crippen LogP contribution in [0, 0.1) is 0 Å². The zero-order valence-electron chi connectivity index (χ0n) is 31.3. The molecule has 3 N–H and O–H groups in total. The van der Waals surface area contributed by atoms with Crippen LogP contribution in [-0.2, 0) is 32.7 Å². The van der Waals surface area contributed by atoms with Crippen molar-refractivity contribution in [1.29, 1.82) is 0 Å². The van der Waals surface area contributed by atoms with E-state index in [0.29, 0.717) is 12.8 Å². The van der Waals surface area contributed by atoms with Gasteiger partial charge < -0.3 is 20.1 Å². The minimum absolute atomic E-state index is 0.0368. The van der Waals surface area contributed by atoms with E-state index in [4.69, 9.17) is 24.3 Å². The van der Waals surface area contributed by atoms with Crippen molar-refractivity contribution < 1.29 is 37.6 Å². The van der Waals surface area contributed by atoms with Crippen molar-refractivity contribution >= 4 is 19.8 Å². The van der Waals surface area contributed by atoms with Gasteiger partial charge in [0.2, 0.25) is 0 Å². The Morgan fingerprint density at radius 3 is 1.78 bits per heavy atom. The van der Waals surface area contributed by atoms with E-state index < -0.39 is 32.5 Å². The Balaban J connectivity index is 4.38. The van der Waals surface area contributed by atoms with Crippen LogP contribution < -0.4 is 5.73 Å². The molecule has 0 aliphatic carbocycles. The molecule has 0 spiro atoms. The molecule has 288 valence electrons. The van der Waals surface area contributed by atoms with E-state index in [0.717, 1.165) is 77.0 Å². The summed E-state index contributed by atoms with van der Waals surface area (Å²) in [5.41, 5.74) is 5.32. The highest BCUT2D eigenvalue weighted by Crippen LogP contribution is 2.43. The molecule has 10 heteroatoms. The summed E-state index contributed by atoms with van der Waals surface area (Å²) >= 11 is 0. The highest BCUT2D eigenvalue weighted by molar-refractivity contribution is 7.47. The standard InChI is InChI=1S/C41H66NO8P/c1-3-5-7-9-11-13-15-17-19-21-23-25-27-29-31-33-40(43)47-37-39(38-49-51(45,46)48-36-35-42)50-41(44)34-32-30-28-26-24-22-20-18-16-14-12-10-8-6-4-2/h5-9,11-15,17-20,24,26,39H,3-4,10,16,21-23,25,27-38,42H2,1-2H3,(H,45,46)/b7-5+,8-6+,11-9+,14-12+,15-13+,19-17+,20-18+,26-24+/t39-/m1/s1. The van der Waals surface area contributed by atoms with Gasteiger partial charge in [0.25, 0.3) is 0 Å². The molecular formula is C41H66NO8P. The van der Waals surface area contributed by atoms with Gasteiger partial charge in [-0.3, -0.25) is 18.6 Å². The second kappa shape index (κ2) is 36.7. The lowest BCUT2D eigenvalue weighted by molar-refractivity contribution is -0.161. The topological polar surface area (TPSA) is 134 Å². The first kappa shape index (κ1) is 47.9. The summed E-state index contributed by atoms with van der Waals surface area (Å²) in [4.78, 5) is 34.7. The molecule has 1 unspecified atom stereocenters. The van der Waals surface area contributed by atoms with Crippen LogP contribution in [-0.4, -0.2) is 49.3 Å². The summed E-state index contributed by atoms with van der Waals surface area (Å²) < 4.78 is 32.6. The van der Waals surface area contributed by atoms with Crippen molar-refractivity contribution in [2.75, 3.05) is 26.4 Å². The molecule has 0 heterocycles. The normalized spacial score (nSPS) is 14.5. The van der Waals surface area contributed by atoms with E-state index in [1.165, 1.54) is 0 Å². The molecule has 0 fully saturated rings. The lowest BCUT2D eigenvalue weighted by Gasteiger charge is -2.19. The number of carbonyl (C=O) groups is 2. The van der Waals surface area contributed by atoms with E-state index >= 15 is 0 Å². The van der Waals surface area contributed by atoms with Gasteiger partial charge in [0, 0.05) is 19.4 Å². The van der Waals surface area contributed by atoms with Crippen LogP contribution in [0.1, 0.15) is 117 Å². The molecule has 0 saturated heterocycles. The van der Waals surface area contributed by atoms with Crippen molar-refractivity contribution in [3.05, 3.63) is 97.2 Å². The van der Waals surface area contributed by atoms with Crippen LogP contribution in [0.4, 0.5) is 0 Å². The SMILES string of the molecule is CC/C=C/C=C/C=C/C=C/CCCCCCCC(=O)OC[C@H](COP(=O)(O)OCCN)OC(=O)CCCC/C=C/C/C=C/C/C=C/C/C=C/CC. The molecule has 0 saturated carbocycles. The predicted molar refractivity (Wildman–Crippen MR) is 210 cm³/mol. The van der Waals surface area contributed by atoms with Crippen molar-refractivity contribution in [2.24, 2.45) is 5.73 Å². The molecule has 0 rings (SSSR count). The Morgan fingerprint density at radius 1 is 0.608 bits per heavy atom. The maximum atomic E-state index is 12.5. The average molecular weight is 732 g/mol. The van der Waals surface area contributed by atoms with Gasteiger partial charge in [-0.1, -0.05) is 130 Å². The summed E-state index contributed by atoms with van der Waals surface area (Å²) in [6.07, 6.45) is 45.8. The Morgan fingerprint density at radius 2 is 1.12 bits per heavy atom. The third-order valence-electron chi connectivity index (χ3n) is 7.06. The highest BCUT2D eigenvalue weighted by atomic mass is 31.2. The third kappa shape index (κ3) is 36.5. The summed E-state index contributed by atoms with van der Waals surface area (Å²) in [5, 5.41) is 0. The minimum Gasteiger partial charge on any atom is -0.462 e. The number of phosphoric acid groups is 1. The maximum absolute atomic E-state index is 12.5. The van der Waals surface area contributed by atoms with Gasteiger partial charge in [0.1, 0.15) is 6.61 Å². The molecule has 0 aromatic carbocycles. The Bertz CT molecular complexity index is 1150. The van der Waals surface area contributed by atoms with Gasteiger partial charge in [-0.2, -0.15) is 0 Å². The average Bonchev–Trinajstić information content (AvgIpc) is 3.11. The lowest BCUT2D eigenvalue weighted by Crippen LogP contribution is -2.29. The first-order valence-corrected chi connectivity index (χ1v) is 20.3. The molecule has 2 atom stereocenters. The van der Waals surface area contributed by atoms with Crippen molar-refractivity contribution in [1.82, 2.24) is 0 Å². The van der Waals surface area contributed by atoms with Crippen molar-refractivity contribution in [3.63, 3.8) is 0 Å². The summed E-state index contributed by atoms with van der Waals surface area (Å²) in [7, 11) is -4.40. The van der Waals surface area contributed by atoms with Gasteiger partial charge in [-0.25, -0.2) is 4.57 Å². The molecule has 0 aromatic heterocycles. The van der Waals surface area contributed by atoms with Gasteiger partial charge in [0.05, 0.1) is 13.2 Å². The second-order valence-electron chi connectivity index (χ2n) is 11.8. The number of phosphoric ester groups is 1. The van der Waals surface area contributed by atoms with Crippen LogP contribution in [0.15, 0.2) is 97.2 Å². The van der Waals surface area contributed by atoms with E-state index in [-0.39, 0.29) is 32.6 Å². The molecule has 0 aliphatic rings. The molecule has 0 radical (unpaired) electrons. The lowest BCUT2D eigenvalue weighted by atomic mass is 10.1. The monoisotopic (exact) mass is 731 g/mol. The minimum atomic E-state index is -4.40. The third-order valence-corrected chi connectivity index (χ3v) is 8.04. The van der Waals surface area contributed by atoms with E-state index in [1.54, 1.807) is 0 Å². The van der Waals surface area contributed by atoms with Gasteiger partial charge in [0.15, 0.2) is 6.10 Å². The fraction of sp³-hybridized carbons (Fsp3) is 0.561. The molecule has 9 nitrogen and oxygen atoms in total. The summed E-state index contributed by atoms with van der Waals surface area (Å²) in [5.74, 6) is -0.919. The number of esters is 2. The number of rotatable bonds is 33. The highest BCUT2D eigenvalue weighted by Gasteiger charge is 2.25. The van der Waals surface area contributed by atoms with Gasteiger partial charge in [-0.05, 0) is 70.6 Å². The zero-order chi connectivity index (χ0) is 37.5. The number of ether oxygens (including phenoxy) is 2. The smallest absolute Gasteiger partial charge is 0.462 e. The van der Waals surface area contributed by atoms with Crippen LogP contribution in [0.5, 0.6) is 0 Å². The first-order chi connectivity index (χ1) is 24.8. The summed E-state index contributed by atoms with van der Waals surface area (Å²) in [6.45, 7) is 3.35. The second-order valence-corrected chi connectivity index (χ2v) is 13.2. The van der Waals surface area contributed by atoms with E-state index in [1.807, 2.05) is 30.4 Å². The van der Waals surface area contributed by atoms with Gasteiger partial charge >= 0.3 is 19.8 Å². The Kier molecular flexibility index (Phi) is 34.5. The number of hydrogen-bond donors (Lipinski definition) is 2. The quantitative estimate of drug-likeness (QED) is 0.0222. The molecule has 0 amide bonds. The predicted octanol–water partition coefficient (Wildman–Crippen LogP) is 10.3. The van der Waals surface area contributed by atoms with Crippen LogP contribution in [0.3, 0.4) is 0 Å². The van der Waals surface area contributed by atoms with E-state index in [2.05, 4.69) is 80.7 Å². The van der Waals surface area contributed by atoms with Crippen LogP contribution in [0.25, 0.3) is 0 Å². The number of carbonyl (C=O) groups excluding carboxylic acids is 2. The summed E-state index contributed by atoms with van der Waals surface area (Å²) in [6, 6.07) is 0. The largest absolute Gasteiger partial charge is 0.472 e. The Hall–Kier alpha value is -3.07. The first-order valence-electron chi connectivity index (χ1n) is 18.8. The molecule has 0 aliphatic heterocycles. The number of unbranched alkanes of at least 4 members (excludes halogenated alkanes) is 7.